The highest BCUT2D eigenvalue weighted by Crippen LogP contribution is 2.47. The summed E-state index contributed by atoms with van der Waals surface area (Å²) < 4.78 is 6.12. The fourth-order valence-corrected chi connectivity index (χ4v) is 3.54. The Morgan fingerprint density at radius 2 is 1.73 bits per heavy atom. The van der Waals surface area contributed by atoms with Crippen molar-refractivity contribution in [3.8, 4) is 24.7 Å². The molecule has 2 N–H and O–H groups in total. The van der Waals surface area contributed by atoms with Crippen LogP contribution in [0.4, 0.5) is 0 Å². The first-order valence-corrected chi connectivity index (χ1v) is 12.3. The molecule has 0 unspecified atom stereocenters. The minimum absolute atomic E-state index is 0.195. The first kappa shape index (κ1) is 30.8. The molecule has 1 fully saturated rings. The second-order valence-corrected chi connectivity index (χ2v) is 8.76. The van der Waals surface area contributed by atoms with E-state index in [4.69, 9.17) is 4.74 Å². The van der Waals surface area contributed by atoms with E-state index in [-0.39, 0.29) is 11.3 Å². The molecule has 1 saturated carbocycles. The Hall–Kier alpha value is -4.22. The van der Waals surface area contributed by atoms with E-state index in [0.29, 0.717) is 29.4 Å². The number of carbonyl (C=O) groups is 1. The number of carboxylic acid groups (broad SMARTS) is 1. The van der Waals surface area contributed by atoms with Crippen LogP contribution in [0.5, 0.6) is 5.75 Å². The molecule has 5 nitrogen and oxygen atoms in total. The predicted octanol–water partition coefficient (Wildman–Crippen LogP) is 7.95. The number of aliphatic carboxylic acids is 1. The molecule has 5 heteroatoms. The van der Waals surface area contributed by atoms with Crippen LogP contribution in [0.1, 0.15) is 82.1 Å². The van der Waals surface area contributed by atoms with Gasteiger partial charge in [0.05, 0.1) is 5.56 Å². The van der Waals surface area contributed by atoms with Crippen LogP contribution >= 0.6 is 0 Å². The number of carboxylic acids is 1. The summed E-state index contributed by atoms with van der Waals surface area (Å²) >= 11 is 0. The molecule has 0 bridgehead atoms. The highest BCUT2D eigenvalue weighted by molar-refractivity contribution is 5.95. The van der Waals surface area contributed by atoms with Crippen molar-refractivity contribution in [1.29, 1.82) is 5.26 Å². The van der Waals surface area contributed by atoms with Gasteiger partial charge in [-0.2, -0.15) is 5.26 Å². The summed E-state index contributed by atoms with van der Waals surface area (Å²) in [5.41, 5.74) is 4.47. The standard InChI is InChI=1S/C27H27NO4.C3H8.C2H2/c1-4-25(29)24(27(30)31)14-22(17(2)3)20-12-21(15-28)26(23(13-20)19-10-11-19)32-16-18-8-6-5-7-9-18;1-3-2;1-2/h4-9,12-14,19,29H,10-11,16H2,1-3H3,(H,30,31);3H2,1-2H3;1-2H/b24-14+,25-4+;;. The van der Waals surface area contributed by atoms with Crippen molar-refractivity contribution in [2.75, 3.05) is 0 Å². The average Bonchev–Trinajstić information content (AvgIpc) is 3.74. The largest absolute Gasteiger partial charge is 0.507 e. The van der Waals surface area contributed by atoms with Crippen molar-refractivity contribution in [3.63, 3.8) is 0 Å². The van der Waals surface area contributed by atoms with Crippen LogP contribution in [0.25, 0.3) is 5.57 Å². The van der Waals surface area contributed by atoms with Crippen LogP contribution in [0.15, 0.2) is 71.5 Å². The molecule has 0 heterocycles. The summed E-state index contributed by atoms with van der Waals surface area (Å²) in [6.07, 6.45) is 14.1. The van der Waals surface area contributed by atoms with Gasteiger partial charge < -0.3 is 14.9 Å². The predicted molar refractivity (Wildman–Crippen MR) is 150 cm³/mol. The average molecular weight is 500 g/mol. The van der Waals surface area contributed by atoms with Crippen LogP contribution in [-0.2, 0) is 11.4 Å². The number of ether oxygens (including phenoxy) is 1. The topological polar surface area (TPSA) is 90.5 Å². The number of aliphatic hydroxyl groups is 1. The van der Waals surface area contributed by atoms with Crippen LogP contribution in [0.2, 0.25) is 0 Å². The second kappa shape index (κ2) is 15.7. The fourth-order valence-electron chi connectivity index (χ4n) is 3.54. The number of allylic oxidation sites excluding steroid dienone is 4. The molecule has 0 amide bonds. The van der Waals surface area contributed by atoms with Gasteiger partial charge in [0.25, 0.3) is 0 Å². The van der Waals surface area contributed by atoms with Crippen molar-refractivity contribution in [3.05, 3.63) is 93.8 Å². The van der Waals surface area contributed by atoms with E-state index in [0.717, 1.165) is 35.1 Å². The molecule has 0 aromatic heterocycles. The number of nitrogens with zero attached hydrogens (tertiary/aromatic N) is 1. The van der Waals surface area contributed by atoms with Gasteiger partial charge in [-0.05, 0) is 86.1 Å². The zero-order valence-corrected chi connectivity index (χ0v) is 22.4. The quantitative estimate of drug-likeness (QED) is 0.166. The molecule has 2 aromatic rings. The molecule has 0 saturated heterocycles. The molecular weight excluding hydrogens is 462 g/mol. The Morgan fingerprint density at radius 1 is 1.14 bits per heavy atom. The highest BCUT2D eigenvalue weighted by atomic mass is 16.5. The summed E-state index contributed by atoms with van der Waals surface area (Å²) in [4.78, 5) is 11.7. The Bertz CT molecular complexity index is 1200. The zero-order valence-electron chi connectivity index (χ0n) is 22.4. The molecular formula is C32H37NO4. The van der Waals surface area contributed by atoms with Crippen molar-refractivity contribution in [2.24, 2.45) is 0 Å². The summed E-state index contributed by atoms with van der Waals surface area (Å²) in [5, 5.41) is 29.5. The highest BCUT2D eigenvalue weighted by Gasteiger charge is 2.29. The van der Waals surface area contributed by atoms with E-state index in [1.165, 1.54) is 18.6 Å². The van der Waals surface area contributed by atoms with E-state index in [1.54, 1.807) is 13.0 Å². The van der Waals surface area contributed by atoms with Gasteiger partial charge in [-0.1, -0.05) is 56.2 Å². The van der Waals surface area contributed by atoms with E-state index >= 15 is 0 Å². The monoisotopic (exact) mass is 499 g/mol. The van der Waals surface area contributed by atoms with Crippen LogP contribution in [0.3, 0.4) is 0 Å². The van der Waals surface area contributed by atoms with Crippen molar-refractivity contribution >= 4 is 11.5 Å². The molecule has 1 aliphatic rings. The zero-order chi connectivity index (χ0) is 28.0. The lowest BCUT2D eigenvalue weighted by Gasteiger charge is -2.17. The summed E-state index contributed by atoms with van der Waals surface area (Å²) in [6, 6.07) is 15.8. The van der Waals surface area contributed by atoms with Gasteiger partial charge in [-0.3, -0.25) is 0 Å². The normalized spacial score (nSPS) is 12.6. The summed E-state index contributed by atoms with van der Waals surface area (Å²) in [5.74, 6) is -0.611. The molecule has 0 radical (unpaired) electrons. The molecule has 0 spiro atoms. The number of aliphatic hydroxyl groups excluding tert-OH is 1. The fraction of sp³-hybridized carbons (Fsp3) is 0.312. The number of benzene rings is 2. The summed E-state index contributed by atoms with van der Waals surface area (Å²) in [6.45, 7) is 9.94. The first-order valence-electron chi connectivity index (χ1n) is 12.3. The van der Waals surface area contributed by atoms with Gasteiger partial charge in [0.1, 0.15) is 29.8 Å². The van der Waals surface area contributed by atoms with Gasteiger partial charge in [0, 0.05) is 0 Å². The maximum Gasteiger partial charge on any atom is 0.339 e. The van der Waals surface area contributed by atoms with E-state index in [9.17, 15) is 20.3 Å². The number of terminal acetylenes is 1. The Morgan fingerprint density at radius 3 is 2.19 bits per heavy atom. The SMILES string of the molecule is C#C.C/C=C(O)\C(=C/C(=C(C)C)c1cc(C#N)c(OCc2ccccc2)c(C2CC2)c1)C(=O)O.CCC. The second-order valence-electron chi connectivity index (χ2n) is 8.76. The lowest BCUT2D eigenvalue weighted by Crippen LogP contribution is -2.05. The number of hydrogen-bond donors (Lipinski definition) is 2. The van der Waals surface area contributed by atoms with Crippen molar-refractivity contribution in [2.45, 2.75) is 66.4 Å². The maximum atomic E-state index is 11.7. The van der Waals surface area contributed by atoms with Gasteiger partial charge in [0.2, 0.25) is 0 Å². The number of rotatable bonds is 8. The van der Waals surface area contributed by atoms with Gasteiger partial charge in [0.15, 0.2) is 0 Å². The maximum absolute atomic E-state index is 11.7. The Labute approximate surface area is 221 Å². The molecule has 37 heavy (non-hydrogen) atoms. The van der Waals surface area contributed by atoms with Crippen LogP contribution < -0.4 is 4.74 Å². The minimum atomic E-state index is -1.22. The molecule has 0 atom stereocenters. The molecule has 1 aliphatic carbocycles. The summed E-state index contributed by atoms with van der Waals surface area (Å²) in [7, 11) is 0. The molecule has 2 aromatic carbocycles. The third-order valence-electron chi connectivity index (χ3n) is 5.40. The molecule has 0 aliphatic heterocycles. The Balaban J connectivity index is 0.00000127. The smallest absolute Gasteiger partial charge is 0.339 e. The molecule has 194 valence electrons. The van der Waals surface area contributed by atoms with Gasteiger partial charge in [-0.15, -0.1) is 12.8 Å². The minimum Gasteiger partial charge on any atom is -0.507 e. The molecule has 3 rings (SSSR count). The van der Waals surface area contributed by atoms with Crippen molar-refractivity contribution < 1.29 is 19.7 Å². The van der Waals surface area contributed by atoms with Gasteiger partial charge >= 0.3 is 5.97 Å². The lowest BCUT2D eigenvalue weighted by molar-refractivity contribution is -0.132. The first-order chi connectivity index (χ1) is 17.8. The van der Waals surface area contributed by atoms with E-state index in [1.807, 2.05) is 50.2 Å². The third-order valence-corrected chi connectivity index (χ3v) is 5.40. The number of hydrogen-bond acceptors (Lipinski definition) is 4. The van der Waals surface area contributed by atoms with E-state index < -0.39 is 5.97 Å². The lowest BCUT2D eigenvalue weighted by atomic mass is 9.93. The third kappa shape index (κ3) is 9.06. The van der Waals surface area contributed by atoms with Gasteiger partial charge in [-0.25, -0.2) is 4.79 Å². The number of nitriles is 1. The Kier molecular flexibility index (Phi) is 13.1. The van der Waals surface area contributed by atoms with Crippen molar-refractivity contribution in [1.82, 2.24) is 0 Å². The van der Waals surface area contributed by atoms with Crippen LogP contribution in [-0.4, -0.2) is 16.2 Å². The van der Waals surface area contributed by atoms with E-state index in [2.05, 4.69) is 32.8 Å². The van der Waals surface area contributed by atoms with Crippen LogP contribution in [0, 0.1) is 24.2 Å².